The summed E-state index contributed by atoms with van der Waals surface area (Å²) in [6, 6.07) is 13.1. The maximum atomic E-state index is 12.4. The van der Waals surface area contributed by atoms with Crippen LogP contribution in [0.25, 0.3) is 6.08 Å². The third-order valence-corrected chi connectivity index (χ3v) is 5.55. The summed E-state index contributed by atoms with van der Waals surface area (Å²) in [5.74, 6) is 0.718. The summed E-state index contributed by atoms with van der Waals surface area (Å²) in [6.45, 7) is 4.36. The van der Waals surface area contributed by atoms with Crippen LogP contribution in [-0.2, 0) is 6.54 Å². The van der Waals surface area contributed by atoms with Gasteiger partial charge in [0.25, 0.3) is 0 Å². The highest BCUT2D eigenvalue weighted by Crippen LogP contribution is 2.25. The van der Waals surface area contributed by atoms with Crippen molar-refractivity contribution in [2.24, 2.45) is 0 Å². The maximum Gasteiger partial charge on any atom is 0.185 e. The second-order valence-corrected chi connectivity index (χ2v) is 7.71. The summed E-state index contributed by atoms with van der Waals surface area (Å²) in [6.07, 6.45) is 3.39. The van der Waals surface area contributed by atoms with Crippen LogP contribution in [0, 0.1) is 13.8 Å². The van der Waals surface area contributed by atoms with Crippen molar-refractivity contribution in [2.75, 3.05) is 7.11 Å². The number of aryl methyl sites for hydroxylation is 1. The van der Waals surface area contributed by atoms with Crippen LogP contribution in [0.3, 0.4) is 0 Å². The Morgan fingerprint density at radius 3 is 2.54 bits per heavy atom. The van der Waals surface area contributed by atoms with Gasteiger partial charge in [0, 0.05) is 15.6 Å². The van der Waals surface area contributed by atoms with E-state index in [-0.39, 0.29) is 5.78 Å². The van der Waals surface area contributed by atoms with E-state index in [0.717, 1.165) is 32.7 Å². The van der Waals surface area contributed by atoms with Gasteiger partial charge in [-0.3, -0.25) is 9.48 Å². The lowest BCUT2D eigenvalue weighted by atomic mass is 10.1. The number of ether oxygens (including phenoxy) is 1. The number of ketones is 1. The molecule has 3 rings (SSSR count). The van der Waals surface area contributed by atoms with Gasteiger partial charge >= 0.3 is 0 Å². The molecule has 4 nitrogen and oxygen atoms in total. The van der Waals surface area contributed by atoms with Gasteiger partial charge in [-0.15, -0.1) is 0 Å². The van der Waals surface area contributed by atoms with Gasteiger partial charge in [0.15, 0.2) is 5.78 Å². The molecule has 1 aromatic heterocycles. The predicted molar refractivity (Wildman–Crippen MR) is 116 cm³/mol. The topological polar surface area (TPSA) is 44.1 Å². The molecule has 0 aliphatic carbocycles. The quantitative estimate of drug-likeness (QED) is 0.342. The van der Waals surface area contributed by atoms with Gasteiger partial charge in [-0.1, -0.05) is 39.7 Å². The van der Waals surface area contributed by atoms with Crippen LogP contribution in [0.2, 0.25) is 5.02 Å². The lowest BCUT2D eigenvalue weighted by Gasteiger charge is -2.11. The lowest BCUT2D eigenvalue weighted by molar-refractivity contribution is 0.104. The van der Waals surface area contributed by atoms with E-state index >= 15 is 0 Å². The zero-order chi connectivity index (χ0) is 20.3. The van der Waals surface area contributed by atoms with Crippen molar-refractivity contribution in [3.8, 4) is 5.75 Å². The number of halogens is 2. The third kappa shape index (κ3) is 4.54. The molecule has 0 atom stereocenters. The fraction of sp³-hybridized carbons (Fsp3) is 0.182. The molecule has 0 fully saturated rings. The molecule has 28 heavy (non-hydrogen) atoms. The van der Waals surface area contributed by atoms with Gasteiger partial charge in [0.2, 0.25) is 0 Å². The molecule has 0 N–H and O–H groups in total. The van der Waals surface area contributed by atoms with E-state index in [1.165, 1.54) is 0 Å². The van der Waals surface area contributed by atoms with E-state index < -0.39 is 0 Å². The number of methoxy groups -OCH3 is 1. The second kappa shape index (κ2) is 8.76. The zero-order valence-electron chi connectivity index (χ0n) is 15.9. The number of rotatable bonds is 6. The van der Waals surface area contributed by atoms with Crippen molar-refractivity contribution in [3.05, 3.63) is 86.1 Å². The summed E-state index contributed by atoms with van der Waals surface area (Å²) in [4.78, 5) is 12.4. The molecule has 6 heteroatoms. The average Bonchev–Trinajstić information content (AvgIpc) is 2.93. The van der Waals surface area contributed by atoms with Gasteiger partial charge in [-0.2, -0.15) is 5.10 Å². The van der Waals surface area contributed by atoms with Crippen LogP contribution in [-0.4, -0.2) is 22.7 Å². The van der Waals surface area contributed by atoms with Crippen molar-refractivity contribution < 1.29 is 9.53 Å². The minimum absolute atomic E-state index is 0.0461. The number of hydrogen-bond donors (Lipinski definition) is 0. The first kappa shape index (κ1) is 20.4. The fourth-order valence-corrected chi connectivity index (χ4v) is 3.30. The highest BCUT2D eigenvalue weighted by atomic mass is 79.9. The molecule has 144 valence electrons. The fourth-order valence-electron chi connectivity index (χ4n) is 2.90. The molecule has 0 aliphatic rings. The monoisotopic (exact) mass is 458 g/mol. The molecule has 3 aromatic rings. The first-order chi connectivity index (χ1) is 13.4. The molecule has 0 radical (unpaired) electrons. The van der Waals surface area contributed by atoms with E-state index in [9.17, 15) is 4.79 Å². The zero-order valence-corrected chi connectivity index (χ0v) is 18.2. The van der Waals surface area contributed by atoms with Gasteiger partial charge in [0.1, 0.15) is 5.75 Å². The highest BCUT2D eigenvalue weighted by molar-refractivity contribution is 9.10. The van der Waals surface area contributed by atoms with E-state index in [1.807, 2.05) is 54.9 Å². The van der Waals surface area contributed by atoms with Gasteiger partial charge < -0.3 is 4.74 Å². The highest BCUT2D eigenvalue weighted by Gasteiger charge is 2.12. The second-order valence-electron chi connectivity index (χ2n) is 6.42. The standard InChI is InChI=1S/C22H20BrClN2O2/c1-14-22(24)15(2)26(25-14)13-18-12-16(5-11-21(18)28-3)4-10-20(27)17-6-8-19(23)9-7-17/h4-12H,13H2,1-3H3/b10-4+. The first-order valence-corrected chi connectivity index (χ1v) is 9.90. The number of benzene rings is 2. The molecule has 0 unspecified atom stereocenters. The van der Waals surface area contributed by atoms with Gasteiger partial charge in [0.05, 0.1) is 30.1 Å². The summed E-state index contributed by atoms with van der Waals surface area (Å²) in [5.41, 5.74) is 4.23. The average molecular weight is 460 g/mol. The molecule has 0 bridgehead atoms. The maximum absolute atomic E-state index is 12.4. The molecule has 0 saturated heterocycles. The largest absolute Gasteiger partial charge is 0.496 e. The van der Waals surface area contributed by atoms with Crippen molar-refractivity contribution in [1.82, 2.24) is 9.78 Å². The van der Waals surface area contributed by atoms with Crippen LogP contribution >= 0.6 is 27.5 Å². The first-order valence-electron chi connectivity index (χ1n) is 8.73. The van der Waals surface area contributed by atoms with Gasteiger partial charge in [-0.25, -0.2) is 0 Å². The van der Waals surface area contributed by atoms with E-state index in [2.05, 4.69) is 21.0 Å². The normalized spacial score (nSPS) is 11.2. The van der Waals surface area contributed by atoms with E-state index in [1.54, 1.807) is 25.3 Å². The number of aromatic nitrogens is 2. The molecule has 0 aliphatic heterocycles. The summed E-state index contributed by atoms with van der Waals surface area (Å²) >= 11 is 9.63. The van der Waals surface area contributed by atoms with Crippen LogP contribution in [0.15, 0.2) is 53.0 Å². The van der Waals surface area contributed by atoms with E-state index in [0.29, 0.717) is 17.1 Å². The Balaban J connectivity index is 1.84. The molecule has 2 aromatic carbocycles. The summed E-state index contributed by atoms with van der Waals surface area (Å²) in [7, 11) is 1.64. The third-order valence-electron chi connectivity index (χ3n) is 4.47. The Kier molecular flexibility index (Phi) is 6.37. The minimum Gasteiger partial charge on any atom is -0.496 e. The predicted octanol–water partition coefficient (Wildman–Crippen LogP) is 5.87. The molecule has 0 spiro atoms. The Hall–Kier alpha value is -2.37. The lowest BCUT2D eigenvalue weighted by Crippen LogP contribution is -2.06. The van der Waals surface area contributed by atoms with Crippen LogP contribution in [0.1, 0.15) is 32.9 Å². The number of carbonyl (C=O) groups is 1. The van der Waals surface area contributed by atoms with E-state index in [4.69, 9.17) is 16.3 Å². The summed E-state index contributed by atoms with van der Waals surface area (Å²) in [5, 5.41) is 5.16. The van der Waals surface area contributed by atoms with Crippen LogP contribution in [0.5, 0.6) is 5.75 Å². The number of allylic oxidation sites excluding steroid dienone is 1. The van der Waals surface area contributed by atoms with Crippen molar-refractivity contribution in [1.29, 1.82) is 0 Å². The Labute approximate surface area is 177 Å². The van der Waals surface area contributed by atoms with Crippen molar-refractivity contribution in [2.45, 2.75) is 20.4 Å². The Bertz CT molecular complexity index is 1040. The SMILES string of the molecule is COc1ccc(/C=C/C(=O)c2ccc(Br)cc2)cc1Cn1nc(C)c(Cl)c1C. The smallest absolute Gasteiger partial charge is 0.185 e. The van der Waals surface area contributed by atoms with Crippen LogP contribution < -0.4 is 4.74 Å². The molecule has 0 amide bonds. The molecule has 1 heterocycles. The van der Waals surface area contributed by atoms with Crippen molar-refractivity contribution >= 4 is 39.4 Å². The Morgan fingerprint density at radius 2 is 1.93 bits per heavy atom. The molecular weight excluding hydrogens is 440 g/mol. The van der Waals surface area contributed by atoms with Crippen molar-refractivity contribution in [3.63, 3.8) is 0 Å². The van der Waals surface area contributed by atoms with Crippen LogP contribution in [0.4, 0.5) is 0 Å². The summed E-state index contributed by atoms with van der Waals surface area (Å²) < 4.78 is 8.28. The Morgan fingerprint density at radius 1 is 1.21 bits per heavy atom. The molecule has 0 saturated carbocycles. The number of carbonyl (C=O) groups excluding carboxylic acids is 1. The number of nitrogens with zero attached hydrogens (tertiary/aromatic N) is 2. The molecular formula is C22H20BrClN2O2. The van der Waals surface area contributed by atoms with Gasteiger partial charge in [-0.05, 0) is 61.9 Å². The minimum atomic E-state index is -0.0461. The number of hydrogen-bond acceptors (Lipinski definition) is 3.